The minimum Gasteiger partial charge on any atom is -0.294 e. The molecular formula is C15H17N3O3S2. The molecule has 122 valence electrons. The number of fused-ring (bicyclic) bond motifs is 1. The molecule has 0 saturated carbocycles. The molecule has 8 heteroatoms. The number of nitrogens with zero attached hydrogens (tertiary/aromatic N) is 3. The van der Waals surface area contributed by atoms with Gasteiger partial charge in [-0.2, -0.15) is 0 Å². The van der Waals surface area contributed by atoms with E-state index in [1.807, 2.05) is 12.1 Å². The largest absolute Gasteiger partial charge is 0.294 e. The highest BCUT2D eigenvalue weighted by molar-refractivity contribution is 7.90. The lowest BCUT2D eigenvalue weighted by Gasteiger charge is -2.27. The molecule has 0 amide bonds. The zero-order valence-corrected chi connectivity index (χ0v) is 14.6. The van der Waals surface area contributed by atoms with E-state index in [-0.39, 0.29) is 10.9 Å². The maximum Gasteiger partial charge on any atom is 0.246 e. The fourth-order valence-electron chi connectivity index (χ4n) is 2.54. The lowest BCUT2D eigenvalue weighted by molar-refractivity contribution is 0.102. The standard InChI is InChI=1S/C15H17N3O3S2/c1-10(19)14-4-3-12(22-14)9-18-6-5-13-11(8-18)7-16-15(17-13)23(2,20)21/h3-4,7H,5-6,8-9H2,1-2H3. The Morgan fingerprint density at radius 3 is 2.83 bits per heavy atom. The van der Waals surface area contributed by atoms with E-state index in [1.54, 1.807) is 13.1 Å². The second-order valence-corrected chi connectivity index (χ2v) is 8.76. The molecule has 2 aromatic heterocycles. The van der Waals surface area contributed by atoms with Crippen molar-refractivity contribution >= 4 is 27.0 Å². The highest BCUT2D eigenvalue weighted by atomic mass is 32.2. The van der Waals surface area contributed by atoms with Gasteiger partial charge in [0, 0.05) is 48.9 Å². The molecule has 0 atom stereocenters. The summed E-state index contributed by atoms with van der Waals surface area (Å²) >= 11 is 1.52. The van der Waals surface area contributed by atoms with Crippen LogP contribution in [0.2, 0.25) is 0 Å². The Balaban J connectivity index is 1.74. The maximum absolute atomic E-state index is 11.5. The van der Waals surface area contributed by atoms with Crippen LogP contribution < -0.4 is 0 Å². The average Bonchev–Trinajstić information content (AvgIpc) is 2.94. The summed E-state index contributed by atoms with van der Waals surface area (Å²) < 4.78 is 23.0. The minimum absolute atomic E-state index is 0.0898. The highest BCUT2D eigenvalue weighted by Crippen LogP contribution is 2.23. The SMILES string of the molecule is CC(=O)c1ccc(CN2CCc3nc(S(C)(=O)=O)ncc3C2)s1. The summed E-state index contributed by atoms with van der Waals surface area (Å²) in [7, 11) is -3.37. The summed E-state index contributed by atoms with van der Waals surface area (Å²) in [5.41, 5.74) is 1.78. The van der Waals surface area contributed by atoms with Crippen LogP contribution in [0.15, 0.2) is 23.5 Å². The van der Waals surface area contributed by atoms with Crippen LogP contribution in [0.1, 0.15) is 32.7 Å². The zero-order valence-electron chi connectivity index (χ0n) is 12.9. The Kier molecular flexibility index (Phi) is 4.31. The molecule has 2 aromatic rings. The lowest BCUT2D eigenvalue weighted by atomic mass is 10.1. The zero-order chi connectivity index (χ0) is 16.6. The summed E-state index contributed by atoms with van der Waals surface area (Å²) in [6, 6.07) is 3.85. The van der Waals surface area contributed by atoms with E-state index < -0.39 is 9.84 Å². The van der Waals surface area contributed by atoms with Gasteiger partial charge in [0.15, 0.2) is 5.78 Å². The van der Waals surface area contributed by atoms with Gasteiger partial charge in [0.2, 0.25) is 15.0 Å². The quantitative estimate of drug-likeness (QED) is 0.616. The molecule has 0 aliphatic carbocycles. The van der Waals surface area contributed by atoms with Crippen LogP contribution in [0.5, 0.6) is 0 Å². The van der Waals surface area contributed by atoms with Crippen molar-refractivity contribution in [2.24, 2.45) is 0 Å². The predicted octanol–water partition coefficient (Wildman–Crippen LogP) is 1.70. The number of rotatable bonds is 4. The fraction of sp³-hybridized carbons (Fsp3) is 0.400. The van der Waals surface area contributed by atoms with Crippen LogP contribution in [0.25, 0.3) is 0 Å². The van der Waals surface area contributed by atoms with Gasteiger partial charge in [-0.3, -0.25) is 9.69 Å². The van der Waals surface area contributed by atoms with E-state index in [1.165, 1.54) is 11.3 Å². The van der Waals surface area contributed by atoms with Crippen molar-refractivity contribution in [3.05, 3.63) is 39.3 Å². The molecule has 0 aromatic carbocycles. The first kappa shape index (κ1) is 16.2. The summed E-state index contributed by atoms with van der Waals surface area (Å²) in [6.07, 6.45) is 3.43. The Morgan fingerprint density at radius 2 is 2.17 bits per heavy atom. The molecule has 0 radical (unpaired) electrons. The molecule has 0 saturated heterocycles. The van der Waals surface area contributed by atoms with Gasteiger partial charge in [0.25, 0.3) is 0 Å². The van der Waals surface area contributed by atoms with Crippen LogP contribution in [-0.2, 0) is 29.3 Å². The highest BCUT2D eigenvalue weighted by Gasteiger charge is 2.21. The number of thiophene rings is 1. The van der Waals surface area contributed by atoms with E-state index in [2.05, 4.69) is 14.9 Å². The lowest BCUT2D eigenvalue weighted by Crippen LogP contribution is -2.31. The molecule has 3 rings (SSSR count). The van der Waals surface area contributed by atoms with Crippen LogP contribution in [0, 0.1) is 0 Å². The Morgan fingerprint density at radius 1 is 1.39 bits per heavy atom. The van der Waals surface area contributed by atoms with Crippen molar-refractivity contribution in [2.45, 2.75) is 31.6 Å². The molecule has 1 aliphatic heterocycles. The number of aromatic nitrogens is 2. The Bertz CT molecular complexity index is 859. The smallest absolute Gasteiger partial charge is 0.246 e. The second-order valence-electron chi connectivity index (χ2n) is 5.68. The van der Waals surface area contributed by atoms with E-state index in [0.29, 0.717) is 13.0 Å². The van der Waals surface area contributed by atoms with Crippen molar-refractivity contribution in [3.63, 3.8) is 0 Å². The van der Waals surface area contributed by atoms with Crippen molar-refractivity contribution in [2.75, 3.05) is 12.8 Å². The van der Waals surface area contributed by atoms with Crippen LogP contribution in [0.3, 0.4) is 0 Å². The summed E-state index contributed by atoms with van der Waals surface area (Å²) in [4.78, 5) is 23.7. The number of sulfone groups is 1. The van der Waals surface area contributed by atoms with E-state index in [4.69, 9.17) is 0 Å². The maximum atomic E-state index is 11.5. The van der Waals surface area contributed by atoms with Gasteiger partial charge < -0.3 is 0 Å². The molecule has 1 aliphatic rings. The number of hydrogen-bond acceptors (Lipinski definition) is 7. The first-order valence-electron chi connectivity index (χ1n) is 7.20. The van der Waals surface area contributed by atoms with Gasteiger partial charge in [-0.15, -0.1) is 11.3 Å². The van der Waals surface area contributed by atoms with E-state index in [9.17, 15) is 13.2 Å². The molecule has 0 unspecified atom stereocenters. The third kappa shape index (κ3) is 3.65. The van der Waals surface area contributed by atoms with Crippen molar-refractivity contribution in [1.82, 2.24) is 14.9 Å². The molecule has 3 heterocycles. The van der Waals surface area contributed by atoms with Gasteiger partial charge in [0.05, 0.1) is 10.6 Å². The molecular weight excluding hydrogens is 334 g/mol. The first-order chi connectivity index (χ1) is 10.8. The number of carbonyl (C=O) groups is 1. The Hall–Kier alpha value is -1.64. The van der Waals surface area contributed by atoms with Crippen molar-refractivity contribution < 1.29 is 13.2 Å². The number of hydrogen-bond donors (Lipinski definition) is 0. The van der Waals surface area contributed by atoms with E-state index >= 15 is 0 Å². The van der Waals surface area contributed by atoms with Gasteiger partial charge >= 0.3 is 0 Å². The molecule has 0 bridgehead atoms. The molecule has 0 fully saturated rings. The van der Waals surface area contributed by atoms with E-state index in [0.717, 1.165) is 40.4 Å². The van der Waals surface area contributed by atoms with Crippen LogP contribution in [0.4, 0.5) is 0 Å². The predicted molar refractivity (Wildman–Crippen MR) is 87.3 cm³/mol. The normalized spacial score (nSPS) is 15.4. The van der Waals surface area contributed by atoms with Crippen LogP contribution in [-0.4, -0.2) is 41.9 Å². The third-order valence-electron chi connectivity index (χ3n) is 3.71. The molecule has 0 spiro atoms. The van der Waals surface area contributed by atoms with Crippen LogP contribution >= 0.6 is 11.3 Å². The number of Topliss-reactive ketones (excluding diaryl/α,β-unsaturated/α-hetero) is 1. The first-order valence-corrected chi connectivity index (χ1v) is 9.90. The second kappa shape index (κ2) is 6.10. The molecule has 23 heavy (non-hydrogen) atoms. The topological polar surface area (TPSA) is 80.2 Å². The summed E-state index contributed by atoms with van der Waals surface area (Å²) in [5, 5.41) is -0.103. The summed E-state index contributed by atoms with van der Waals surface area (Å²) in [5.74, 6) is 0.0898. The number of carbonyl (C=O) groups excluding carboxylic acids is 1. The van der Waals surface area contributed by atoms with Gasteiger partial charge in [-0.25, -0.2) is 18.4 Å². The minimum atomic E-state index is -3.37. The summed E-state index contributed by atoms with van der Waals surface area (Å²) in [6.45, 7) is 3.84. The van der Waals surface area contributed by atoms with Gasteiger partial charge in [-0.05, 0) is 19.1 Å². The van der Waals surface area contributed by atoms with Gasteiger partial charge in [-0.1, -0.05) is 0 Å². The average molecular weight is 351 g/mol. The van der Waals surface area contributed by atoms with Crippen molar-refractivity contribution in [1.29, 1.82) is 0 Å². The molecule has 6 nitrogen and oxygen atoms in total. The van der Waals surface area contributed by atoms with Crippen molar-refractivity contribution in [3.8, 4) is 0 Å². The fourth-order valence-corrected chi connectivity index (χ4v) is 4.01. The third-order valence-corrected chi connectivity index (χ3v) is 5.74. The van der Waals surface area contributed by atoms with Gasteiger partial charge in [0.1, 0.15) is 0 Å². The monoisotopic (exact) mass is 351 g/mol. The molecule has 0 N–H and O–H groups in total. The number of ketones is 1. The Labute approximate surface area is 139 Å².